The van der Waals surface area contributed by atoms with Crippen LogP contribution < -0.4 is 5.32 Å². The molecular weight excluding hydrogens is 202 g/mol. The van der Waals surface area contributed by atoms with Gasteiger partial charge in [0, 0.05) is 6.04 Å². The van der Waals surface area contributed by atoms with Gasteiger partial charge in [0.2, 0.25) is 0 Å². The van der Waals surface area contributed by atoms with Crippen molar-refractivity contribution in [3.8, 4) is 0 Å². The highest BCUT2D eigenvalue weighted by molar-refractivity contribution is 5.68. The lowest BCUT2D eigenvalue weighted by Crippen LogP contribution is -2.40. The predicted octanol–water partition coefficient (Wildman–Crippen LogP) is 2.63. The maximum atomic E-state index is 11.4. The third-order valence-corrected chi connectivity index (χ3v) is 2.60. The van der Waals surface area contributed by atoms with Crippen molar-refractivity contribution in [1.29, 1.82) is 0 Å². The summed E-state index contributed by atoms with van der Waals surface area (Å²) in [5.74, 6) is 0. The molecule has 0 saturated heterocycles. The second kappa shape index (κ2) is 4.84. The van der Waals surface area contributed by atoms with E-state index in [0.29, 0.717) is 6.61 Å². The molecule has 1 aromatic rings. The van der Waals surface area contributed by atoms with Gasteiger partial charge in [-0.15, -0.1) is 0 Å². The number of nitrogens with one attached hydrogen (secondary N) is 1. The van der Waals surface area contributed by atoms with Gasteiger partial charge < -0.3 is 10.1 Å². The largest absolute Gasteiger partial charge is 0.445 e. The van der Waals surface area contributed by atoms with Gasteiger partial charge in [-0.25, -0.2) is 4.79 Å². The highest BCUT2D eigenvalue weighted by Gasteiger charge is 2.23. The van der Waals surface area contributed by atoms with Crippen LogP contribution in [0.4, 0.5) is 4.79 Å². The molecule has 0 bridgehead atoms. The molecule has 0 atom stereocenters. The van der Waals surface area contributed by atoms with E-state index in [0.717, 1.165) is 18.4 Å². The van der Waals surface area contributed by atoms with E-state index in [1.807, 2.05) is 30.3 Å². The van der Waals surface area contributed by atoms with Crippen LogP contribution in [-0.2, 0) is 11.3 Å². The van der Waals surface area contributed by atoms with Crippen LogP contribution in [0, 0.1) is 0 Å². The second-order valence-corrected chi connectivity index (χ2v) is 4.06. The van der Waals surface area contributed by atoms with Gasteiger partial charge in [0.15, 0.2) is 0 Å². The van der Waals surface area contributed by atoms with E-state index in [2.05, 4.69) is 11.9 Å². The third-order valence-electron chi connectivity index (χ3n) is 2.60. The second-order valence-electron chi connectivity index (χ2n) is 4.06. The smallest absolute Gasteiger partial charge is 0.407 e. The van der Waals surface area contributed by atoms with Crippen LogP contribution >= 0.6 is 0 Å². The molecule has 3 nitrogen and oxygen atoms in total. The summed E-state index contributed by atoms with van der Waals surface area (Å²) in [6, 6.07) is 9.86. The molecule has 1 amide bonds. The molecule has 16 heavy (non-hydrogen) atoms. The highest BCUT2D eigenvalue weighted by atomic mass is 16.5. The van der Waals surface area contributed by atoms with Gasteiger partial charge in [0.25, 0.3) is 0 Å². The molecule has 0 unspecified atom stereocenters. The van der Waals surface area contributed by atoms with Crippen LogP contribution in [0.15, 0.2) is 42.5 Å². The molecule has 1 aromatic carbocycles. The minimum atomic E-state index is -0.346. The van der Waals surface area contributed by atoms with Crippen molar-refractivity contribution < 1.29 is 9.53 Å². The molecular formula is C13H15NO2. The van der Waals surface area contributed by atoms with E-state index in [1.54, 1.807) is 0 Å². The Morgan fingerprint density at radius 1 is 1.38 bits per heavy atom. The fourth-order valence-electron chi connectivity index (χ4n) is 1.67. The topological polar surface area (TPSA) is 38.3 Å². The number of ether oxygens (including phenoxy) is 1. The number of carbonyl (C=O) groups is 1. The third kappa shape index (κ3) is 2.86. The Labute approximate surface area is 95.1 Å². The predicted molar refractivity (Wildman–Crippen MR) is 61.9 cm³/mol. The number of amides is 1. The van der Waals surface area contributed by atoms with Gasteiger partial charge in [-0.3, -0.25) is 0 Å². The summed E-state index contributed by atoms with van der Waals surface area (Å²) >= 11 is 0. The van der Waals surface area contributed by atoms with Crippen LogP contribution in [0.1, 0.15) is 18.4 Å². The summed E-state index contributed by atoms with van der Waals surface area (Å²) < 4.78 is 5.09. The van der Waals surface area contributed by atoms with E-state index in [4.69, 9.17) is 4.74 Å². The van der Waals surface area contributed by atoms with Gasteiger partial charge in [0.1, 0.15) is 6.61 Å². The van der Waals surface area contributed by atoms with Gasteiger partial charge >= 0.3 is 6.09 Å². The quantitative estimate of drug-likeness (QED) is 0.790. The van der Waals surface area contributed by atoms with Gasteiger partial charge in [-0.05, 0) is 18.4 Å². The van der Waals surface area contributed by atoms with Crippen molar-refractivity contribution in [2.75, 3.05) is 0 Å². The molecule has 1 aliphatic carbocycles. The number of hydrogen-bond donors (Lipinski definition) is 1. The Balaban J connectivity index is 1.70. The first-order valence-corrected chi connectivity index (χ1v) is 5.38. The van der Waals surface area contributed by atoms with E-state index in [-0.39, 0.29) is 12.1 Å². The average molecular weight is 217 g/mol. The Bertz CT molecular complexity index is 378. The van der Waals surface area contributed by atoms with E-state index in [9.17, 15) is 4.79 Å². The summed E-state index contributed by atoms with van der Waals surface area (Å²) in [4.78, 5) is 11.4. The fraction of sp³-hybridized carbons (Fsp3) is 0.308. The first kappa shape index (κ1) is 10.7. The Hall–Kier alpha value is -1.77. The molecule has 0 aliphatic heterocycles. The number of alkyl carbamates (subject to hydrolysis) is 1. The molecule has 0 heterocycles. The molecule has 0 aromatic heterocycles. The lowest BCUT2D eigenvalue weighted by atomic mass is 9.88. The summed E-state index contributed by atoms with van der Waals surface area (Å²) in [6.07, 6.45) is 1.40. The molecule has 1 fully saturated rings. The Morgan fingerprint density at radius 2 is 2.06 bits per heavy atom. The van der Waals surface area contributed by atoms with Crippen molar-refractivity contribution in [1.82, 2.24) is 5.32 Å². The van der Waals surface area contributed by atoms with Crippen LogP contribution in [0.2, 0.25) is 0 Å². The highest BCUT2D eigenvalue weighted by Crippen LogP contribution is 2.24. The summed E-state index contributed by atoms with van der Waals surface area (Å²) in [5.41, 5.74) is 2.18. The molecule has 1 saturated carbocycles. The van der Waals surface area contributed by atoms with Crippen LogP contribution in [0.3, 0.4) is 0 Å². The van der Waals surface area contributed by atoms with Gasteiger partial charge in [0.05, 0.1) is 0 Å². The number of rotatable bonds is 3. The molecule has 84 valence electrons. The van der Waals surface area contributed by atoms with E-state index in [1.165, 1.54) is 5.57 Å². The molecule has 2 rings (SSSR count). The first-order chi connectivity index (χ1) is 7.74. The van der Waals surface area contributed by atoms with Crippen molar-refractivity contribution in [3.63, 3.8) is 0 Å². The normalized spacial score (nSPS) is 15.4. The van der Waals surface area contributed by atoms with Crippen LogP contribution in [0.5, 0.6) is 0 Å². The van der Waals surface area contributed by atoms with Gasteiger partial charge in [-0.2, -0.15) is 0 Å². The van der Waals surface area contributed by atoms with E-state index < -0.39 is 0 Å². The zero-order valence-corrected chi connectivity index (χ0v) is 9.11. The molecule has 1 aliphatic rings. The summed E-state index contributed by atoms with van der Waals surface area (Å²) in [6.45, 7) is 4.14. The average Bonchev–Trinajstić information content (AvgIpc) is 2.26. The molecule has 1 N–H and O–H groups in total. The number of hydrogen-bond acceptors (Lipinski definition) is 2. The molecule has 3 heteroatoms. The fourth-order valence-corrected chi connectivity index (χ4v) is 1.67. The first-order valence-electron chi connectivity index (χ1n) is 5.38. The van der Waals surface area contributed by atoms with E-state index >= 15 is 0 Å². The van der Waals surface area contributed by atoms with Crippen LogP contribution in [-0.4, -0.2) is 12.1 Å². The molecule has 0 spiro atoms. The van der Waals surface area contributed by atoms with Crippen LogP contribution in [0.25, 0.3) is 0 Å². The Kier molecular flexibility index (Phi) is 3.25. The number of carbonyl (C=O) groups excluding carboxylic acids is 1. The zero-order chi connectivity index (χ0) is 11.4. The maximum Gasteiger partial charge on any atom is 0.407 e. The maximum absolute atomic E-state index is 11.4. The Morgan fingerprint density at radius 3 is 2.69 bits per heavy atom. The summed E-state index contributed by atoms with van der Waals surface area (Å²) in [7, 11) is 0. The zero-order valence-electron chi connectivity index (χ0n) is 9.11. The monoisotopic (exact) mass is 217 g/mol. The lowest BCUT2D eigenvalue weighted by molar-refractivity contribution is 0.133. The molecule has 0 radical (unpaired) electrons. The van der Waals surface area contributed by atoms with Crippen molar-refractivity contribution in [3.05, 3.63) is 48.0 Å². The minimum absolute atomic E-state index is 0.218. The lowest BCUT2D eigenvalue weighted by Gasteiger charge is -2.28. The van der Waals surface area contributed by atoms with Gasteiger partial charge in [-0.1, -0.05) is 42.5 Å². The van der Waals surface area contributed by atoms with Crippen molar-refractivity contribution >= 4 is 6.09 Å². The SMILES string of the molecule is C=C1CC(NC(=O)OCc2ccccc2)C1. The standard InChI is InChI=1S/C13H15NO2/c1-10-7-12(8-10)14-13(15)16-9-11-5-3-2-4-6-11/h2-6,12H,1,7-9H2,(H,14,15). The number of benzene rings is 1. The minimum Gasteiger partial charge on any atom is -0.445 e. The van der Waals surface area contributed by atoms with Crippen molar-refractivity contribution in [2.24, 2.45) is 0 Å². The van der Waals surface area contributed by atoms with Crippen molar-refractivity contribution in [2.45, 2.75) is 25.5 Å². The summed E-state index contributed by atoms with van der Waals surface area (Å²) in [5, 5.41) is 2.80.